The molecule has 1 aromatic carbocycles. The fourth-order valence-electron chi connectivity index (χ4n) is 1.32. The van der Waals surface area contributed by atoms with E-state index in [1.54, 1.807) is 12.1 Å². The van der Waals surface area contributed by atoms with Gasteiger partial charge in [-0.25, -0.2) is 4.79 Å². The number of hydrogen-bond acceptors (Lipinski definition) is 5. The van der Waals surface area contributed by atoms with Crippen LogP contribution in [0.1, 0.15) is 23.2 Å². The van der Waals surface area contributed by atoms with Crippen LogP contribution in [0, 0.1) is 0 Å². The van der Waals surface area contributed by atoms with Crippen LogP contribution < -0.4 is 10.5 Å². The summed E-state index contributed by atoms with van der Waals surface area (Å²) in [6.07, 6.45) is 1.27. The second-order valence-electron chi connectivity index (χ2n) is 3.52. The van der Waals surface area contributed by atoms with Crippen LogP contribution in [0.3, 0.4) is 0 Å². The van der Waals surface area contributed by atoms with Crippen LogP contribution in [0.25, 0.3) is 0 Å². The highest BCUT2D eigenvalue weighted by Gasteiger charge is 2.09. The van der Waals surface area contributed by atoms with Crippen molar-refractivity contribution in [2.45, 2.75) is 12.8 Å². The molecule has 5 nitrogen and oxygen atoms in total. The summed E-state index contributed by atoms with van der Waals surface area (Å²) in [5, 5.41) is 8.57. The molecule has 0 fully saturated rings. The summed E-state index contributed by atoms with van der Waals surface area (Å²) in [6.45, 7) is 0.401. The van der Waals surface area contributed by atoms with Crippen molar-refractivity contribution in [3.8, 4) is 5.75 Å². The lowest BCUT2D eigenvalue weighted by Crippen LogP contribution is -2.07. The summed E-state index contributed by atoms with van der Waals surface area (Å²) >= 11 is 0. The van der Waals surface area contributed by atoms with Crippen LogP contribution in [-0.4, -0.2) is 31.4 Å². The van der Waals surface area contributed by atoms with Gasteiger partial charge in [-0.15, -0.1) is 0 Å². The van der Waals surface area contributed by atoms with Crippen LogP contribution in [0.4, 0.5) is 5.69 Å². The lowest BCUT2D eigenvalue weighted by molar-refractivity contribution is 0.0492. The van der Waals surface area contributed by atoms with Crippen LogP contribution in [0.15, 0.2) is 18.2 Å². The van der Waals surface area contributed by atoms with Crippen LogP contribution >= 0.6 is 0 Å². The Labute approximate surface area is 100 Å². The maximum absolute atomic E-state index is 11.6. The van der Waals surface area contributed by atoms with Crippen molar-refractivity contribution in [1.29, 1.82) is 0 Å². The first-order valence-electron chi connectivity index (χ1n) is 5.40. The van der Waals surface area contributed by atoms with Crippen molar-refractivity contribution in [2.75, 3.05) is 26.1 Å². The molecular formula is C12H17NO4. The van der Waals surface area contributed by atoms with E-state index in [9.17, 15) is 4.79 Å². The predicted octanol–water partition coefficient (Wildman–Crippen LogP) is 1.21. The van der Waals surface area contributed by atoms with Gasteiger partial charge in [-0.05, 0) is 31.0 Å². The molecule has 0 radical (unpaired) electrons. The monoisotopic (exact) mass is 239 g/mol. The zero-order chi connectivity index (χ0) is 12.7. The van der Waals surface area contributed by atoms with E-state index in [0.717, 1.165) is 0 Å². The first-order valence-corrected chi connectivity index (χ1v) is 5.40. The van der Waals surface area contributed by atoms with Gasteiger partial charge in [0.1, 0.15) is 5.75 Å². The highest BCUT2D eigenvalue weighted by molar-refractivity contribution is 5.91. The maximum atomic E-state index is 11.6. The summed E-state index contributed by atoms with van der Waals surface area (Å²) in [6, 6.07) is 4.75. The molecule has 1 rings (SSSR count). The summed E-state index contributed by atoms with van der Waals surface area (Å²) in [5.41, 5.74) is 6.48. The highest BCUT2D eigenvalue weighted by Crippen LogP contribution is 2.22. The van der Waals surface area contributed by atoms with Gasteiger partial charge < -0.3 is 20.3 Å². The van der Waals surface area contributed by atoms with Gasteiger partial charge in [0, 0.05) is 6.61 Å². The Bertz CT molecular complexity index is 379. The second-order valence-corrected chi connectivity index (χ2v) is 3.52. The standard InChI is InChI=1S/C12H17NO4/c1-16-11-5-4-9(8-10(11)13)12(15)17-7-3-2-6-14/h4-5,8,14H,2-3,6-7,13H2,1H3. The van der Waals surface area contributed by atoms with E-state index in [-0.39, 0.29) is 6.61 Å². The summed E-state index contributed by atoms with van der Waals surface area (Å²) < 4.78 is 10.0. The van der Waals surface area contributed by atoms with Crippen LogP contribution in [0.2, 0.25) is 0 Å². The number of hydrogen-bond donors (Lipinski definition) is 2. The fraction of sp³-hybridized carbons (Fsp3) is 0.417. The number of carbonyl (C=O) groups excluding carboxylic acids is 1. The fourth-order valence-corrected chi connectivity index (χ4v) is 1.32. The summed E-state index contributed by atoms with van der Waals surface area (Å²) in [4.78, 5) is 11.6. The van der Waals surface area contributed by atoms with E-state index >= 15 is 0 Å². The third-order valence-corrected chi connectivity index (χ3v) is 2.25. The Morgan fingerprint density at radius 3 is 2.76 bits per heavy atom. The Morgan fingerprint density at radius 2 is 2.18 bits per heavy atom. The number of ether oxygens (including phenoxy) is 2. The molecule has 0 aromatic heterocycles. The minimum atomic E-state index is -0.419. The minimum Gasteiger partial charge on any atom is -0.495 e. The van der Waals surface area contributed by atoms with Gasteiger partial charge in [-0.3, -0.25) is 0 Å². The first kappa shape index (κ1) is 13.3. The molecule has 5 heteroatoms. The number of aliphatic hydroxyl groups excluding tert-OH is 1. The lowest BCUT2D eigenvalue weighted by atomic mass is 10.2. The molecular weight excluding hydrogens is 222 g/mol. The average Bonchev–Trinajstić information content (AvgIpc) is 2.34. The quantitative estimate of drug-likeness (QED) is 0.443. The molecule has 0 saturated carbocycles. The van der Waals surface area contributed by atoms with Crippen molar-refractivity contribution in [3.63, 3.8) is 0 Å². The molecule has 0 aliphatic rings. The molecule has 1 aromatic rings. The first-order chi connectivity index (χ1) is 8.19. The summed E-state index contributed by atoms with van der Waals surface area (Å²) in [5.74, 6) is 0.110. The van der Waals surface area contributed by atoms with E-state index in [0.29, 0.717) is 36.4 Å². The van der Waals surface area contributed by atoms with Gasteiger partial charge in [-0.1, -0.05) is 0 Å². The van der Waals surface area contributed by atoms with Gasteiger partial charge >= 0.3 is 5.97 Å². The number of anilines is 1. The Hall–Kier alpha value is -1.75. The largest absolute Gasteiger partial charge is 0.495 e. The molecule has 0 bridgehead atoms. The van der Waals surface area contributed by atoms with Crippen molar-refractivity contribution >= 4 is 11.7 Å². The number of carbonyl (C=O) groups is 1. The zero-order valence-corrected chi connectivity index (χ0v) is 9.81. The normalized spacial score (nSPS) is 10.0. The third kappa shape index (κ3) is 3.96. The van der Waals surface area contributed by atoms with Crippen molar-refractivity contribution < 1.29 is 19.4 Å². The lowest BCUT2D eigenvalue weighted by Gasteiger charge is -2.07. The van der Waals surface area contributed by atoms with E-state index in [2.05, 4.69) is 0 Å². The number of unbranched alkanes of at least 4 members (excludes halogenated alkanes) is 1. The molecule has 0 aliphatic heterocycles. The second kappa shape index (κ2) is 6.75. The zero-order valence-electron chi connectivity index (χ0n) is 9.81. The molecule has 94 valence electrons. The van der Waals surface area contributed by atoms with Gasteiger partial charge in [0.25, 0.3) is 0 Å². The molecule has 3 N–H and O–H groups in total. The topological polar surface area (TPSA) is 81.8 Å². The average molecular weight is 239 g/mol. The Balaban J connectivity index is 2.54. The number of nitrogen functional groups attached to an aromatic ring is 1. The molecule has 0 amide bonds. The minimum absolute atomic E-state index is 0.104. The van der Waals surface area contributed by atoms with E-state index in [4.69, 9.17) is 20.3 Å². The molecule has 0 unspecified atom stereocenters. The smallest absolute Gasteiger partial charge is 0.338 e. The third-order valence-electron chi connectivity index (χ3n) is 2.25. The Kier molecular flexibility index (Phi) is 5.29. The van der Waals surface area contributed by atoms with E-state index in [1.165, 1.54) is 13.2 Å². The molecule has 0 aliphatic carbocycles. The number of nitrogens with two attached hydrogens (primary N) is 1. The van der Waals surface area contributed by atoms with Gasteiger partial charge in [0.05, 0.1) is 25.0 Å². The molecule has 0 heterocycles. The highest BCUT2D eigenvalue weighted by atomic mass is 16.5. The number of aliphatic hydroxyl groups is 1. The van der Waals surface area contributed by atoms with Gasteiger partial charge in [0.2, 0.25) is 0 Å². The number of benzene rings is 1. The van der Waals surface area contributed by atoms with Gasteiger partial charge in [0.15, 0.2) is 0 Å². The number of rotatable bonds is 6. The van der Waals surface area contributed by atoms with Crippen LogP contribution in [-0.2, 0) is 4.74 Å². The van der Waals surface area contributed by atoms with Gasteiger partial charge in [-0.2, -0.15) is 0 Å². The number of esters is 1. The molecule has 0 spiro atoms. The van der Waals surface area contributed by atoms with E-state index in [1.807, 2.05) is 0 Å². The molecule has 17 heavy (non-hydrogen) atoms. The predicted molar refractivity (Wildman–Crippen MR) is 64.0 cm³/mol. The van der Waals surface area contributed by atoms with Crippen LogP contribution in [0.5, 0.6) is 5.75 Å². The SMILES string of the molecule is COc1ccc(C(=O)OCCCCO)cc1N. The summed E-state index contributed by atoms with van der Waals surface area (Å²) in [7, 11) is 1.51. The van der Waals surface area contributed by atoms with Crippen molar-refractivity contribution in [1.82, 2.24) is 0 Å². The number of methoxy groups -OCH3 is 1. The Morgan fingerprint density at radius 1 is 1.41 bits per heavy atom. The van der Waals surface area contributed by atoms with Crippen molar-refractivity contribution in [3.05, 3.63) is 23.8 Å². The van der Waals surface area contributed by atoms with Crippen molar-refractivity contribution in [2.24, 2.45) is 0 Å². The maximum Gasteiger partial charge on any atom is 0.338 e. The van der Waals surface area contributed by atoms with E-state index < -0.39 is 5.97 Å². The molecule has 0 atom stereocenters. The molecule has 0 saturated heterocycles.